The molecule has 8 heteroatoms. The summed E-state index contributed by atoms with van der Waals surface area (Å²) in [6.07, 6.45) is 0.794. The van der Waals surface area contributed by atoms with Gasteiger partial charge in [0, 0.05) is 17.1 Å². The molecule has 1 aliphatic rings. The third-order valence-corrected chi connectivity index (χ3v) is 7.42. The number of hydrogen-bond donors (Lipinski definition) is 1. The third-order valence-electron chi connectivity index (χ3n) is 6.96. The molecule has 2 N–H and O–H groups in total. The lowest BCUT2D eigenvalue weighted by molar-refractivity contribution is 0.0614. The molecular weight excluding hydrogens is 364 g/mol. The molecule has 1 fully saturated rings. The molecule has 3 rings (SSSR count). The van der Waals surface area contributed by atoms with Crippen LogP contribution in [0, 0.1) is 37.5 Å². The Labute approximate surface area is 161 Å². The number of aromatic nitrogens is 3. The van der Waals surface area contributed by atoms with Crippen molar-refractivity contribution in [2.24, 2.45) is 21.9 Å². The summed E-state index contributed by atoms with van der Waals surface area (Å²) in [6.45, 7) is 14.9. The number of rotatable bonds is 4. The highest BCUT2D eigenvalue weighted by Gasteiger charge is 2.55. The summed E-state index contributed by atoms with van der Waals surface area (Å²) in [4.78, 5) is 9.22. The average Bonchev–Trinajstić information content (AvgIpc) is 2.90. The molecule has 1 aliphatic carbocycles. The van der Waals surface area contributed by atoms with E-state index < -0.39 is 10.3 Å². The molecule has 2 aromatic heterocycles. The van der Waals surface area contributed by atoms with Gasteiger partial charge in [-0.25, -0.2) is 15.1 Å². The van der Waals surface area contributed by atoms with E-state index in [0.29, 0.717) is 0 Å². The van der Waals surface area contributed by atoms with Crippen molar-refractivity contribution in [3.8, 4) is 0 Å². The van der Waals surface area contributed by atoms with Crippen LogP contribution in [0.5, 0.6) is 0 Å². The second kappa shape index (κ2) is 6.25. The van der Waals surface area contributed by atoms with Gasteiger partial charge < -0.3 is 4.57 Å². The molecule has 0 saturated heterocycles. The molecule has 7 nitrogen and oxygen atoms in total. The summed E-state index contributed by atoms with van der Waals surface area (Å²) in [6, 6.07) is 2.30. The Morgan fingerprint density at radius 3 is 2.41 bits per heavy atom. The van der Waals surface area contributed by atoms with Crippen molar-refractivity contribution in [1.29, 1.82) is 0 Å². The minimum absolute atomic E-state index is 0.0525. The quantitative estimate of drug-likeness (QED) is 0.858. The van der Waals surface area contributed by atoms with Crippen molar-refractivity contribution in [1.82, 2.24) is 14.5 Å². The topological polar surface area (TPSA) is 100 Å². The van der Waals surface area contributed by atoms with Gasteiger partial charge in [0.05, 0.1) is 12.3 Å². The van der Waals surface area contributed by atoms with E-state index in [2.05, 4.69) is 50.2 Å². The highest BCUT2D eigenvalue weighted by Crippen LogP contribution is 2.61. The molecule has 0 aromatic carbocycles. The summed E-state index contributed by atoms with van der Waals surface area (Å²) in [5, 5.41) is 6.12. The van der Waals surface area contributed by atoms with Gasteiger partial charge in [-0.3, -0.25) is 4.18 Å². The zero-order chi connectivity index (χ0) is 20.4. The van der Waals surface area contributed by atoms with Gasteiger partial charge >= 0.3 is 10.3 Å². The first-order valence-electron chi connectivity index (χ1n) is 9.25. The van der Waals surface area contributed by atoms with Gasteiger partial charge in [0.1, 0.15) is 11.5 Å². The largest absolute Gasteiger partial charge is 0.333 e. The van der Waals surface area contributed by atoms with Gasteiger partial charge in [0.25, 0.3) is 0 Å². The smallest absolute Gasteiger partial charge is 0.326 e. The van der Waals surface area contributed by atoms with Crippen LogP contribution in [0.15, 0.2) is 6.07 Å². The maximum Gasteiger partial charge on any atom is 0.333 e. The van der Waals surface area contributed by atoms with Gasteiger partial charge in [0.15, 0.2) is 0 Å². The van der Waals surface area contributed by atoms with Crippen molar-refractivity contribution in [2.75, 3.05) is 6.61 Å². The van der Waals surface area contributed by atoms with E-state index in [9.17, 15) is 8.42 Å². The van der Waals surface area contributed by atoms with Crippen molar-refractivity contribution >= 4 is 21.3 Å². The van der Waals surface area contributed by atoms with E-state index in [1.807, 2.05) is 13.8 Å². The Morgan fingerprint density at radius 2 is 1.81 bits per heavy atom. The maximum absolute atomic E-state index is 11.3. The van der Waals surface area contributed by atoms with Crippen molar-refractivity contribution in [3.63, 3.8) is 0 Å². The van der Waals surface area contributed by atoms with Crippen molar-refractivity contribution in [3.05, 3.63) is 23.3 Å². The molecule has 2 aromatic rings. The van der Waals surface area contributed by atoms with E-state index in [0.717, 1.165) is 34.7 Å². The van der Waals surface area contributed by atoms with E-state index in [1.165, 1.54) is 0 Å². The number of nitrogens with zero attached hydrogens (tertiary/aromatic N) is 3. The monoisotopic (exact) mass is 394 g/mol. The van der Waals surface area contributed by atoms with Gasteiger partial charge in [-0.15, -0.1) is 0 Å². The first kappa shape index (κ1) is 20.2. The minimum Gasteiger partial charge on any atom is -0.326 e. The molecule has 1 saturated carbocycles. The minimum atomic E-state index is -3.95. The van der Waals surface area contributed by atoms with Crippen LogP contribution >= 0.6 is 0 Å². The fourth-order valence-electron chi connectivity index (χ4n) is 4.59. The molecule has 1 unspecified atom stereocenters. The molecule has 0 spiro atoms. The van der Waals surface area contributed by atoms with E-state index in [4.69, 9.17) is 14.3 Å². The van der Waals surface area contributed by atoms with E-state index in [-0.39, 0.29) is 29.4 Å². The Hall–Kier alpha value is -1.51. The Kier molecular flexibility index (Phi) is 4.68. The fraction of sp³-hybridized carbons (Fsp3) is 0.684. The molecule has 0 amide bonds. The maximum atomic E-state index is 11.3. The predicted molar refractivity (Wildman–Crippen MR) is 106 cm³/mol. The molecule has 27 heavy (non-hydrogen) atoms. The van der Waals surface area contributed by atoms with Gasteiger partial charge in [-0.05, 0) is 50.0 Å². The van der Waals surface area contributed by atoms with E-state index in [1.54, 1.807) is 0 Å². The Balaban J connectivity index is 2.09. The molecular formula is C19H30N4O3S. The van der Waals surface area contributed by atoms with Crippen LogP contribution in [0.3, 0.4) is 0 Å². The lowest BCUT2D eigenvalue weighted by atomic mass is 9.66. The summed E-state index contributed by atoms with van der Waals surface area (Å²) in [7, 11) is -3.95. The summed E-state index contributed by atoms with van der Waals surface area (Å²) in [5.74, 6) is 0.806. The Morgan fingerprint density at radius 1 is 1.19 bits per heavy atom. The van der Waals surface area contributed by atoms with Gasteiger partial charge in [-0.2, -0.15) is 8.42 Å². The van der Waals surface area contributed by atoms with Crippen molar-refractivity contribution < 1.29 is 12.6 Å². The van der Waals surface area contributed by atoms with Crippen LogP contribution in [0.25, 0.3) is 11.0 Å². The number of hydrogen-bond acceptors (Lipinski definition) is 5. The fourth-order valence-corrected chi connectivity index (χ4v) is 4.94. The summed E-state index contributed by atoms with van der Waals surface area (Å²) < 4.78 is 29.9. The summed E-state index contributed by atoms with van der Waals surface area (Å²) in [5.41, 5.74) is 2.79. The first-order valence-corrected chi connectivity index (χ1v) is 10.7. The number of nitrogens with two attached hydrogens (primary N) is 1. The number of aryl methyl sites for hydroxylation is 3. The molecule has 2 atom stereocenters. The van der Waals surface area contributed by atoms with E-state index >= 15 is 0 Å². The van der Waals surface area contributed by atoms with Crippen LogP contribution < -0.4 is 5.14 Å². The number of fused-ring (bicyclic) bond motifs is 1. The highest BCUT2D eigenvalue weighted by atomic mass is 32.2. The third kappa shape index (κ3) is 3.28. The highest BCUT2D eigenvalue weighted by molar-refractivity contribution is 7.84. The molecule has 0 bridgehead atoms. The van der Waals surface area contributed by atoms with Crippen LogP contribution in [-0.4, -0.2) is 29.6 Å². The van der Waals surface area contributed by atoms with Crippen LogP contribution in [0.4, 0.5) is 0 Å². The second-order valence-corrected chi connectivity index (χ2v) is 10.1. The predicted octanol–water partition coefficient (Wildman–Crippen LogP) is 3.19. The lowest BCUT2D eigenvalue weighted by Crippen LogP contribution is -2.37. The normalized spacial score (nSPS) is 24.6. The molecule has 0 aliphatic heterocycles. The second-order valence-electron chi connectivity index (χ2n) is 8.92. The van der Waals surface area contributed by atoms with Crippen LogP contribution in [0.1, 0.15) is 57.4 Å². The van der Waals surface area contributed by atoms with Crippen LogP contribution in [-0.2, 0) is 14.5 Å². The van der Waals surface area contributed by atoms with Gasteiger partial charge in [0.2, 0.25) is 0 Å². The molecule has 150 valence electrons. The Bertz CT molecular complexity index is 992. The average molecular weight is 395 g/mol. The standard InChI is InChI=1S/C19H30N4O3S/c1-11-8-15-12(2)21-13(3)22-17(15)23(11)16-9-14(10-26-27(20,24)25)18(4,5)19(16,6)7/h8,14,16H,9-10H2,1-7H3,(H2,20,24,25)/t14?,16-/m1/s1. The zero-order valence-electron chi connectivity index (χ0n) is 17.2. The molecule has 2 heterocycles. The SMILES string of the molecule is Cc1nc(C)c2cc(C)n([C@@H]3CC(COS(N)(=O)=O)C(C)(C)C3(C)C)c2n1. The summed E-state index contributed by atoms with van der Waals surface area (Å²) >= 11 is 0. The zero-order valence-corrected chi connectivity index (χ0v) is 18.0. The molecule has 0 radical (unpaired) electrons. The first-order chi connectivity index (χ1) is 12.3. The lowest BCUT2D eigenvalue weighted by Gasteiger charge is -2.42. The van der Waals surface area contributed by atoms with Crippen molar-refractivity contribution in [2.45, 2.75) is 60.9 Å². The van der Waals surface area contributed by atoms with Gasteiger partial charge in [-0.1, -0.05) is 27.7 Å². The van der Waals surface area contributed by atoms with Crippen LogP contribution in [0.2, 0.25) is 0 Å².